The summed E-state index contributed by atoms with van der Waals surface area (Å²) in [5, 5.41) is 5.60. The molecule has 0 bridgehead atoms. The monoisotopic (exact) mass is 848 g/mol. The van der Waals surface area contributed by atoms with Crippen LogP contribution in [0.2, 0.25) is 0 Å². The third kappa shape index (κ3) is 9.21. The molecule has 326 valence electrons. The van der Waals surface area contributed by atoms with Gasteiger partial charge >= 0.3 is 6.09 Å². The number of halogens is 2. The number of sulfonamides is 1. The van der Waals surface area contributed by atoms with E-state index in [4.69, 9.17) is 9.47 Å². The van der Waals surface area contributed by atoms with E-state index < -0.39 is 91.3 Å². The van der Waals surface area contributed by atoms with Crippen LogP contribution in [0.1, 0.15) is 118 Å². The molecule has 4 amide bonds. The first-order valence-electron chi connectivity index (χ1n) is 20.7. The van der Waals surface area contributed by atoms with Crippen LogP contribution in [-0.4, -0.2) is 89.2 Å². The Morgan fingerprint density at radius 1 is 1.08 bits per heavy atom. The van der Waals surface area contributed by atoms with Gasteiger partial charge in [0.15, 0.2) is 5.69 Å². The summed E-state index contributed by atoms with van der Waals surface area (Å²) >= 11 is 0. The summed E-state index contributed by atoms with van der Waals surface area (Å²) in [6, 6.07) is 2.55. The van der Waals surface area contributed by atoms with Crippen molar-refractivity contribution in [3.8, 4) is 5.75 Å². The van der Waals surface area contributed by atoms with E-state index in [1.165, 1.54) is 24.1 Å². The molecule has 3 saturated carbocycles. The average molecular weight is 849 g/mol. The number of likely N-dealkylation sites (tertiary alicyclic amines) is 1. The number of benzene rings is 1. The number of aromatic amines is 1. The SMILES string of the molecule is CC[C@@H]1CCN(C(=O)[C@@H](NC(=O)OC2CC2CCCCC(F)(F)c2nc3ccc(OC)cc3[nH]c2=O)C(C)(C)C)[C@@H]1C(=O)NC1(C(=O)NS(=O)(=O)C2(C)CC2)C[C@H]1CC. The van der Waals surface area contributed by atoms with Crippen LogP contribution in [0, 0.1) is 23.2 Å². The van der Waals surface area contributed by atoms with E-state index in [1.54, 1.807) is 33.8 Å². The van der Waals surface area contributed by atoms with E-state index in [1.807, 2.05) is 13.8 Å². The highest BCUT2D eigenvalue weighted by atomic mass is 32.2. The van der Waals surface area contributed by atoms with Gasteiger partial charge in [0.25, 0.3) is 17.4 Å². The Labute approximate surface area is 343 Å². The second-order valence-electron chi connectivity index (χ2n) is 18.2. The van der Waals surface area contributed by atoms with Gasteiger partial charge in [-0.3, -0.25) is 23.9 Å². The molecule has 0 spiro atoms. The summed E-state index contributed by atoms with van der Waals surface area (Å²) in [5.74, 6) is -5.34. The van der Waals surface area contributed by atoms with Gasteiger partial charge in [-0.05, 0) is 87.2 Å². The number of H-pyrrole nitrogens is 1. The van der Waals surface area contributed by atoms with Gasteiger partial charge in [-0.25, -0.2) is 18.2 Å². The number of rotatable bonds is 17. The molecule has 15 nitrogen and oxygen atoms in total. The Morgan fingerprint density at radius 2 is 1.80 bits per heavy atom. The molecule has 1 aromatic heterocycles. The Morgan fingerprint density at radius 3 is 2.41 bits per heavy atom. The standard InChI is InChI=1S/C41H58F2N6O9S/c1-8-23-15-19-49(30(23)33(50)47-40(22-25(40)9-2)36(53)48-59(55,56)39(6)17-18-39)35(52)32(38(3,4)5)46-37(54)58-29-20-24(29)12-10-11-16-41(42,43)31-34(51)45-28-21-26(57-7)13-14-27(28)44-31/h13-14,21,23-25,29-30,32H,8-12,15-20,22H2,1-7H3,(H,45,51)(H,46,54)(H,47,50)(H,48,53)/t23-,24?,25-,29?,30+,32-,40?/m1/s1. The quantitative estimate of drug-likeness (QED) is 0.156. The predicted octanol–water partition coefficient (Wildman–Crippen LogP) is 5.02. The number of unbranched alkanes of at least 4 members (excludes halogenated alkanes) is 1. The van der Waals surface area contributed by atoms with Crippen molar-refractivity contribution in [3.63, 3.8) is 0 Å². The highest BCUT2D eigenvalue weighted by Crippen LogP contribution is 2.48. The third-order valence-electron chi connectivity index (χ3n) is 12.8. The number of nitrogens with zero attached hydrogens (tertiary/aromatic N) is 2. The van der Waals surface area contributed by atoms with Gasteiger partial charge in [0.2, 0.25) is 21.8 Å². The van der Waals surface area contributed by atoms with Crippen molar-refractivity contribution >= 4 is 44.9 Å². The topological polar surface area (TPSA) is 206 Å². The maximum Gasteiger partial charge on any atom is 0.408 e. The van der Waals surface area contributed by atoms with Crippen LogP contribution in [0.4, 0.5) is 13.6 Å². The van der Waals surface area contributed by atoms with Crippen molar-refractivity contribution in [3.05, 3.63) is 34.2 Å². The molecule has 3 unspecified atom stereocenters. The molecule has 2 aromatic rings. The minimum Gasteiger partial charge on any atom is -0.497 e. The fourth-order valence-corrected chi connectivity index (χ4v) is 9.67. The molecule has 2 heterocycles. The Kier molecular flexibility index (Phi) is 12.2. The number of nitrogens with one attached hydrogen (secondary N) is 4. The zero-order valence-corrected chi connectivity index (χ0v) is 35.7. The smallest absolute Gasteiger partial charge is 0.408 e. The zero-order valence-electron chi connectivity index (χ0n) is 34.9. The summed E-state index contributed by atoms with van der Waals surface area (Å²) in [7, 11) is -2.49. The van der Waals surface area contributed by atoms with Crippen LogP contribution in [0.15, 0.2) is 23.0 Å². The molecular weight excluding hydrogens is 791 g/mol. The van der Waals surface area contributed by atoms with Crippen LogP contribution in [0.5, 0.6) is 5.75 Å². The number of fused-ring (bicyclic) bond motifs is 1. The summed E-state index contributed by atoms with van der Waals surface area (Å²) in [5.41, 5.74) is -3.51. The summed E-state index contributed by atoms with van der Waals surface area (Å²) < 4.78 is 68.1. The fourth-order valence-electron chi connectivity index (χ4n) is 8.36. The molecule has 3 aliphatic carbocycles. The number of amides is 4. The second-order valence-corrected chi connectivity index (χ2v) is 20.4. The third-order valence-corrected chi connectivity index (χ3v) is 15.0. The Balaban J connectivity index is 1.02. The van der Waals surface area contributed by atoms with Crippen molar-refractivity contribution in [2.75, 3.05) is 13.7 Å². The first-order chi connectivity index (χ1) is 27.6. The number of methoxy groups -OCH3 is 1. The molecule has 1 aromatic carbocycles. The predicted molar refractivity (Wildman–Crippen MR) is 214 cm³/mol. The number of hydrogen-bond acceptors (Lipinski definition) is 10. The van der Waals surface area contributed by atoms with Crippen molar-refractivity contribution in [1.82, 2.24) is 30.2 Å². The van der Waals surface area contributed by atoms with Crippen molar-refractivity contribution in [1.29, 1.82) is 0 Å². The van der Waals surface area contributed by atoms with Gasteiger partial charge in [-0.15, -0.1) is 0 Å². The van der Waals surface area contributed by atoms with Crippen molar-refractivity contribution in [2.24, 2.45) is 23.2 Å². The van der Waals surface area contributed by atoms with Gasteiger partial charge in [-0.1, -0.05) is 53.9 Å². The molecular formula is C41H58F2N6O9S. The molecule has 6 rings (SSSR count). The maximum atomic E-state index is 15.1. The maximum absolute atomic E-state index is 15.1. The molecule has 1 aliphatic heterocycles. The van der Waals surface area contributed by atoms with Gasteiger partial charge < -0.3 is 30.0 Å². The number of alkyl carbamates (subject to hydrolysis) is 1. The Hall–Kier alpha value is -4.35. The highest BCUT2D eigenvalue weighted by molar-refractivity contribution is 7.91. The first kappa shape index (κ1) is 44.2. The fraction of sp³-hybridized carbons (Fsp3) is 0.707. The lowest BCUT2D eigenvalue weighted by Crippen LogP contribution is -2.61. The highest BCUT2D eigenvalue weighted by Gasteiger charge is 2.63. The van der Waals surface area contributed by atoms with Gasteiger partial charge in [0.1, 0.15) is 29.5 Å². The number of hydrogen-bond donors (Lipinski definition) is 4. The van der Waals surface area contributed by atoms with Crippen LogP contribution < -0.4 is 25.7 Å². The van der Waals surface area contributed by atoms with E-state index in [-0.39, 0.29) is 42.7 Å². The normalized spacial score (nSPS) is 26.5. The van der Waals surface area contributed by atoms with Crippen LogP contribution in [0.3, 0.4) is 0 Å². The minimum absolute atomic E-state index is 0.0478. The average Bonchev–Trinajstić information content (AvgIpc) is 4.13. The molecule has 4 aliphatic rings. The van der Waals surface area contributed by atoms with E-state index in [0.29, 0.717) is 62.6 Å². The van der Waals surface area contributed by atoms with Crippen molar-refractivity contribution < 1.29 is 45.9 Å². The number of carbonyl (C=O) groups is 4. The lowest BCUT2D eigenvalue weighted by atomic mass is 9.85. The molecule has 7 atom stereocenters. The summed E-state index contributed by atoms with van der Waals surface area (Å²) in [4.78, 5) is 75.5. The molecule has 59 heavy (non-hydrogen) atoms. The van der Waals surface area contributed by atoms with Crippen LogP contribution in [0.25, 0.3) is 11.0 Å². The van der Waals surface area contributed by atoms with Gasteiger partial charge in [0.05, 0.1) is 22.9 Å². The lowest BCUT2D eigenvalue weighted by Gasteiger charge is -2.36. The largest absolute Gasteiger partial charge is 0.497 e. The van der Waals surface area contributed by atoms with Gasteiger partial charge in [0, 0.05) is 19.0 Å². The second kappa shape index (κ2) is 16.3. The van der Waals surface area contributed by atoms with E-state index in [0.717, 1.165) is 0 Å². The van der Waals surface area contributed by atoms with Gasteiger partial charge in [-0.2, -0.15) is 8.78 Å². The lowest BCUT2D eigenvalue weighted by molar-refractivity contribution is -0.143. The first-order valence-corrected chi connectivity index (χ1v) is 22.2. The van der Waals surface area contributed by atoms with Crippen LogP contribution in [-0.2, 0) is 35.1 Å². The minimum atomic E-state index is -3.94. The number of ether oxygens (including phenoxy) is 2. The van der Waals surface area contributed by atoms with Crippen LogP contribution >= 0.6 is 0 Å². The molecule has 1 saturated heterocycles. The van der Waals surface area contributed by atoms with Crippen molar-refractivity contribution in [2.45, 2.75) is 147 Å². The summed E-state index contributed by atoms with van der Waals surface area (Å²) in [6.07, 6.45) is 2.50. The van der Waals surface area contributed by atoms with E-state index in [9.17, 15) is 32.4 Å². The molecule has 0 radical (unpaired) electrons. The molecule has 18 heteroatoms. The summed E-state index contributed by atoms with van der Waals surface area (Å²) in [6.45, 7) is 10.9. The zero-order chi connectivity index (χ0) is 43.3. The Bertz CT molecular complexity index is 2140. The molecule has 4 fully saturated rings. The molecule has 4 N–H and O–H groups in total. The number of carbonyl (C=O) groups excluding carboxylic acids is 4. The van der Waals surface area contributed by atoms with E-state index >= 15 is 8.78 Å². The number of aromatic nitrogens is 2. The van der Waals surface area contributed by atoms with E-state index in [2.05, 4.69) is 25.3 Å². The number of alkyl halides is 2.